The number of hydrogen-bond donors (Lipinski definition) is 3. The summed E-state index contributed by atoms with van der Waals surface area (Å²) in [6.07, 6.45) is 0.982. The maximum Gasteiger partial charge on any atom is 0.225 e. The Balaban J connectivity index is 1.73. The van der Waals surface area contributed by atoms with Crippen molar-refractivity contribution in [1.29, 1.82) is 0 Å². The molecule has 0 aromatic heterocycles. The minimum atomic E-state index is -0.405. The number of carbonyl (C=O) groups is 2. The third-order valence-electron chi connectivity index (χ3n) is 3.78. The summed E-state index contributed by atoms with van der Waals surface area (Å²) in [6.45, 7) is 6.10. The average Bonchev–Trinajstić information content (AvgIpc) is 2.60. The summed E-state index contributed by atoms with van der Waals surface area (Å²) in [5.74, 6) is -0.0572. The molecule has 0 fully saturated rings. The third kappa shape index (κ3) is 6.59. The van der Waals surface area contributed by atoms with Crippen molar-refractivity contribution in [2.75, 3.05) is 17.2 Å². The van der Waals surface area contributed by atoms with Crippen LogP contribution in [-0.2, 0) is 9.59 Å². The number of amides is 2. The smallest absolute Gasteiger partial charge is 0.225 e. The molecule has 2 rings (SSSR count). The predicted molar refractivity (Wildman–Crippen MR) is 106 cm³/mol. The van der Waals surface area contributed by atoms with Crippen LogP contribution in [0, 0.1) is 5.41 Å². The van der Waals surface area contributed by atoms with Crippen molar-refractivity contribution in [1.82, 2.24) is 5.32 Å². The first-order valence-corrected chi connectivity index (χ1v) is 8.85. The van der Waals surface area contributed by atoms with Crippen LogP contribution in [0.5, 0.6) is 0 Å². The SMILES string of the molecule is CC(C)(C)C(=O)NCCCC(=O)Nc1ccc(Nc2ccccc2)cc1. The van der Waals surface area contributed by atoms with E-state index in [9.17, 15) is 9.59 Å². The highest BCUT2D eigenvalue weighted by Gasteiger charge is 2.20. The topological polar surface area (TPSA) is 70.2 Å². The number of carbonyl (C=O) groups excluding carboxylic acids is 2. The normalized spacial score (nSPS) is 10.9. The Morgan fingerprint density at radius 2 is 1.42 bits per heavy atom. The number of rotatable bonds is 7. The van der Waals surface area contributed by atoms with E-state index in [4.69, 9.17) is 0 Å². The molecule has 26 heavy (non-hydrogen) atoms. The number of hydrogen-bond acceptors (Lipinski definition) is 3. The molecule has 2 amide bonds. The minimum absolute atomic E-state index is 0.000543. The van der Waals surface area contributed by atoms with Crippen LogP contribution in [0.2, 0.25) is 0 Å². The molecular weight excluding hydrogens is 326 g/mol. The van der Waals surface area contributed by atoms with Crippen molar-refractivity contribution in [2.45, 2.75) is 33.6 Å². The molecule has 2 aromatic carbocycles. The molecule has 5 nitrogen and oxygen atoms in total. The van der Waals surface area contributed by atoms with Gasteiger partial charge in [0.1, 0.15) is 0 Å². The number of para-hydroxylation sites is 1. The Morgan fingerprint density at radius 1 is 0.846 bits per heavy atom. The first kappa shape index (κ1) is 19.5. The predicted octanol–water partition coefficient (Wildman–Crippen LogP) is 4.31. The highest BCUT2D eigenvalue weighted by atomic mass is 16.2. The van der Waals surface area contributed by atoms with Crippen LogP contribution < -0.4 is 16.0 Å². The molecule has 0 radical (unpaired) electrons. The van der Waals surface area contributed by atoms with Crippen LogP contribution in [0.15, 0.2) is 54.6 Å². The number of benzene rings is 2. The van der Waals surface area contributed by atoms with Gasteiger partial charge in [-0.05, 0) is 42.8 Å². The summed E-state index contributed by atoms with van der Waals surface area (Å²) in [5, 5.41) is 9.01. The maximum atomic E-state index is 12.0. The lowest BCUT2D eigenvalue weighted by atomic mass is 9.96. The molecule has 0 atom stereocenters. The molecule has 0 heterocycles. The van der Waals surface area contributed by atoms with Gasteiger partial charge < -0.3 is 16.0 Å². The molecule has 0 unspecified atom stereocenters. The van der Waals surface area contributed by atoms with Gasteiger partial charge >= 0.3 is 0 Å². The van der Waals surface area contributed by atoms with E-state index in [0.29, 0.717) is 19.4 Å². The highest BCUT2D eigenvalue weighted by Crippen LogP contribution is 2.18. The zero-order chi connectivity index (χ0) is 19.0. The lowest BCUT2D eigenvalue weighted by Crippen LogP contribution is -2.35. The van der Waals surface area contributed by atoms with Gasteiger partial charge in [-0.2, -0.15) is 0 Å². The third-order valence-corrected chi connectivity index (χ3v) is 3.78. The molecule has 0 spiro atoms. The van der Waals surface area contributed by atoms with Gasteiger partial charge in [-0.1, -0.05) is 39.0 Å². The summed E-state index contributed by atoms with van der Waals surface area (Å²) in [4.78, 5) is 23.7. The van der Waals surface area contributed by atoms with Crippen molar-refractivity contribution in [3.63, 3.8) is 0 Å². The lowest BCUT2D eigenvalue weighted by molar-refractivity contribution is -0.128. The molecule has 2 aromatic rings. The summed E-state index contributed by atoms with van der Waals surface area (Å²) in [6, 6.07) is 17.5. The second kappa shape index (κ2) is 9.04. The van der Waals surface area contributed by atoms with Crippen molar-refractivity contribution in [3.05, 3.63) is 54.6 Å². The van der Waals surface area contributed by atoms with Crippen LogP contribution in [0.1, 0.15) is 33.6 Å². The van der Waals surface area contributed by atoms with E-state index in [0.717, 1.165) is 17.1 Å². The molecule has 0 aliphatic carbocycles. The highest BCUT2D eigenvalue weighted by molar-refractivity contribution is 5.91. The molecule has 0 saturated carbocycles. The number of anilines is 3. The zero-order valence-electron chi connectivity index (χ0n) is 15.6. The van der Waals surface area contributed by atoms with E-state index >= 15 is 0 Å². The van der Waals surface area contributed by atoms with Gasteiger partial charge in [0.2, 0.25) is 11.8 Å². The molecule has 138 valence electrons. The Bertz CT molecular complexity index is 719. The van der Waals surface area contributed by atoms with Crippen molar-refractivity contribution in [2.24, 2.45) is 5.41 Å². The van der Waals surface area contributed by atoms with E-state index in [1.165, 1.54) is 0 Å². The minimum Gasteiger partial charge on any atom is -0.356 e. The molecule has 0 bridgehead atoms. The van der Waals surface area contributed by atoms with Crippen molar-refractivity contribution >= 4 is 28.9 Å². The van der Waals surface area contributed by atoms with Gasteiger partial charge in [0.25, 0.3) is 0 Å². The van der Waals surface area contributed by atoms with Gasteiger partial charge in [0.05, 0.1) is 0 Å². The Morgan fingerprint density at radius 3 is 2.04 bits per heavy atom. The van der Waals surface area contributed by atoms with Gasteiger partial charge in [0, 0.05) is 35.4 Å². The van der Waals surface area contributed by atoms with Crippen LogP contribution in [0.4, 0.5) is 17.1 Å². The Kier molecular flexibility index (Phi) is 6.78. The summed E-state index contributed by atoms with van der Waals surface area (Å²) in [7, 11) is 0. The Labute approximate surface area is 155 Å². The number of nitrogens with one attached hydrogen (secondary N) is 3. The average molecular weight is 353 g/mol. The van der Waals surface area contributed by atoms with Crippen LogP contribution in [0.3, 0.4) is 0 Å². The van der Waals surface area contributed by atoms with Crippen molar-refractivity contribution in [3.8, 4) is 0 Å². The largest absolute Gasteiger partial charge is 0.356 e. The molecular formula is C21H27N3O2. The molecule has 5 heteroatoms. The van der Waals surface area contributed by atoms with Gasteiger partial charge in [0.15, 0.2) is 0 Å². The second-order valence-corrected chi connectivity index (χ2v) is 7.23. The standard InChI is InChI=1S/C21H27N3O2/c1-21(2,3)20(26)22-15-7-10-19(25)24-18-13-11-17(12-14-18)23-16-8-5-4-6-9-16/h4-6,8-9,11-14,23H,7,10,15H2,1-3H3,(H,22,26)(H,24,25). The molecule has 0 saturated heterocycles. The van der Waals surface area contributed by atoms with E-state index in [2.05, 4.69) is 16.0 Å². The summed E-state index contributed by atoms with van der Waals surface area (Å²) in [5.41, 5.74) is 2.32. The molecule has 0 aliphatic heterocycles. The molecule has 0 aliphatic rings. The van der Waals surface area contributed by atoms with Gasteiger partial charge in [-0.3, -0.25) is 9.59 Å². The van der Waals surface area contributed by atoms with Crippen molar-refractivity contribution < 1.29 is 9.59 Å². The second-order valence-electron chi connectivity index (χ2n) is 7.23. The zero-order valence-corrected chi connectivity index (χ0v) is 15.6. The lowest BCUT2D eigenvalue weighted by Gasteiger charge is -2.17. The van der Waals surface area contributed by atoms with Gasteiger partial charge in [-0.25, -0.2) is 0 Å². The van der Waals surface area contributed by atoms with E-state index < -0.39 is 5.41 Å². The fourth-order valence-corrected chi connectivity index (χ4v) is 2.26. The van der Waals surface area contributed by atoms with Crippen LogP contribution >= 0.6 is 0 Å². The summed E-state index contributed by atoms with van der Waals surface area (Å²) < 4.78 is 0. The molecule has 3 N–H and O–H groups in total. The first-order chi connectivity index (χ1) is 12.3. The van der Waals surface area contributed by atoms with E-state index in [1.54, 1.807) is 0 Å². The quantitative estimate of drug-likeness (QED) is 0.650. The van der Waals surface area contributed by atoms with Crippen LogP contribution in [-0.4, -0.2) is 18.4 Å². The fraction of sp³-hybridized carbons (Fsp3) is 0.333. The fourth-order valence-electron chi connectivity index (χ4n) is 2.26. The summed E-state index contributed by atoms with van der Waals surface area (Å²) >= 11 is 0. The van der Waals surface area contributed by atoms with E-state index in [-0.39, 0.29) is 11.8 Å². The first-order valence-electron chi connectivity index (χ1n) is 8.85. The maximum absolute atomic E-state index is 12.0. The monoisotopic (exact) mass is 353 g/mol. The van der Waals surface area contributed by atoms with Gasteiger partial charge in [-0.15, -0.1) is 0 Å². The van der Waals surface area contributed by atoms with E-state index in [1.807, 2.05) is 75.4 Å². The Hall–Kier alpha value is -2.82. The van der Waals surface area contributed by atoms with Crippen LogP contribution in [0.25, 0.3) is 0 Å².